The van der Waals surface area contributed by atoms with Gasteiger partial charge in [-0.05, 0) is 77.0 Å². The fraction of sp³-hybridized carbons (Fsp3) is 0.859. The Kier molecular flexibility index (Phi) is 80.2. The quantitative estimate of drug-likeness (QED) is 0.0211. The summed E-state index contributed by atoms with van der Waals surface area (Å²) in [7, 11) is 6.00. The number of carbonyl (C=O) groups excluding carboxylic acids is 2. The van der Waals surface area contributed by atoms with E-state index in [2.05, 4.69) is 74.6 Å². The molecule has 0 aliphatic carbocycles. The normalized spacial score (nSPS) is 12.8. The van der Waals surface area contributed by atoms with E-state index in [9.17, 15) is 19.5 Å². The highest BCUT2D eigenvalue weighted by molar-refractivity contribution is 5.71. The molecule has 592 valence electrons. The standard InChI is InChI=1S/C92H171NO8/c1-6-8-10-12-14-16-18-20-22-24-26-28-30-32-34-36-38-40-42-43-44-45-46-47-49-50-52-54-56-58-60-62-64-66-68-70-72-74-76-78-80-82-89(94)99-86-88(87-100-92(91(96)97)98-85-84-93(3,4)5)101-90(95)83-81-79-77-75-73-71-69-67-65-63-61-59-57-55-53-51-48-41-39-37-35-33-31-29-27-25-23-21-19-17-15-13-11-9-7-2/h9,11,15,17,21,23-24,26-27,29,88,92H,6-8,10,12-14,16,18-20,22,25,28,30-87H2,1-5H3/p+1/b11-9-,17-15-,23-21-,26-24-,29-27-. The molecule has 0 aromatic rings. The number of rotatable bonds is 84. The summed E-state index contributed by atoms with van der Waals surface area (Å²) in [4.78, 5) is 37.8. The topological polar surface area (TPSA) is 108 Å². The van der Waals surface area contributed by atoms with Crippen molar-refractivity contribution in [2.45, 2.75) is 463 Å². The first-order valence-corrected chi connectivity index (χ1v) is 44.5. The van der Waals surface area contributed by atoms with Crippen LogP contribution in [0, 0.1) is 0 Å². The van der Waals surface area contributed by atoms with Crippen molar-refractivity contribution in [2.75, 3.05) is 47.5 Å². The molecule has 0 amide bonds. The van der Waals surface area contributed by atoms with E-state index >= 15 is 0 Å². The van der Waals surface area contributed by atoms with E-state index in [0.29, 0.717) is 17.4 Å². The highest BCUT2D eigenvalue weighted by atomic mass is 16.7. The third-order valence-electron chi connectivity index (χ3n) is 20.3. The van der Waals surface area contributed by atoms with Gasteiger partial charge in [0.2, 0.25) is 0 Å². The van der Waals surface area contributed by atoms with Crippen molar-refractivity contribution in [1.29, 1.82) is 0 Å². The zero-order chi connectivity index (χ0) is 73.2. The number of hydrogen-bond acceptors (Lipinski definition) is 7. The fourth-order valence-corrected chi connectivity index (χ4v) is 13.5. The Balaban J connectivity index is 3.89. The molecule has 101 heavy (non-hydrogen) atoms. The molecule has 9 nitrogen and oxygen atoms in total. The van der Waals surface area contributed by atoms with Crippen LogP contribution in [0.1, 0.15) is 450 Å². The van der Waals surface area contributed by atoms with Crippen molar-refractivity contribution in [3.05, 3.63) is 60.8 Å². The van der Waals surface area contributed by atoms with Crippen LogP contribution in [0.2, 0.25) is 0 Å². The predicted molar refractivity (Wildman–Crippen MR) is 438 cm³/mol. The summed E-state index contributed by atoms with van der Waals surface area (Å²) in [6.45, 7) is 4.84. The number of carbonyl (C=O) groups is 3. The molecule has 0 rings (SSSR count). The number of nitrogens with zero attached hydrogens (tertiary/aromatic N) is 1. The van der Waals surface area contributed by atoms with Crippen LogP contribution in [0.15, 0.2) is 60.8 Å². The van der Waals surface area contributed by atoms with Gasteiger partial charge in [-0.25, -0.2) is 4.79 Å². The van der Waals surface area contributed by atoms with E-state index in [1.54, 1.807) is 0 Å². The van der Waals surface area contributed by atoms with Gasteiger partial charge in [-0.1, -0.05) is 421 Å². The zero-order valence-electron chi connectivity index (χ0n) is 68.1. The monoisotopic (exact) mass is 1420 g/mol. The number of carboxylic acid groups (broad SMARTS) is 1. The smallest absolute Gasteiger partial charge is 0.361 e. The highest BCUT2D eigenvalue weighted by Crippen LogP contribution is 2.21. The Labute approximate surface area is 628 Å². The van der Waals surface area contributed by atoms with E-state index in [0.717, 1.165) is 64.2 Å². The summed E-state index contributed by atoms with van der Waals surface area (Å²) in [5.74, 6) is -1.97. The maximum Gasteiger partial charge on any atom is 0.361 e. The van der Waals surface area contributed by atoms with Crippen LogP contribution in [0.25, 0.3) is 0 Å². The van der Waals surface area contributed by atoms with Gasteiger partial charge in [0.15, 0.2) is 6.10 Å². The van der Waals surface area contributed by atoms with Crippen LogP contribution in [0.5, 0.6) is 0 Å². The van der Waals surface area contributed by atoms with Gasteiger partial charge in [0.05, 0.1) is 34.4 Å². The number of carboxylic acids is 1. The number of likely N-dealkylation sites (N-methyl/N-ethyl adjacent to an activating group) is 1. The van der Waals surface area contributed by atoms with Crippen molar-refractivity contribution in [3.63, 3.8) is 0 Å². The lowest BCUT2D eigenvalue weighted by atomic mass is 10.0. The molecule has 0 aromatic carbocycles. The van der Waals surface area contributed by atoms with Gasteiger partial charge < -0.3 is 28.5 Å². The number of ether oxygens (including phenoxy) is 4. The Morgan fingerprint density at radius 2 is 0.564 bits per heavy atom. The van der Waals surface area contributed by atoms with Gasteiger partial charge >= 0.3 is 17.9 Å². The van der Waals surface area contributed by atoms with Crippen LogP contribution in [0.4, 0.5) is 0 Å². The van der Waals surface area contributed by atoms with Crippen LogP contribution < -0.4 is 0 Å². The Morgan fingerprint density at radius 3 is 0.851 bits per heavy atom. The molecule has 0 spiro atoms. The van der Waals surface area contributed by atoms with E-state index in [4.69, 9.17) is 18.9 Å². The van der Waals surface area contributed by atoms with Crippen LogP contribution in [-0.4, -0.2) is 87.4 Å². The summed E-state index contributed by atoms with van der Waals surface area (Å²) >= 11 is 0. The van der Waals surface area contributed by atoms with Crippen molar-refractivity contribution in [3.8, 4) is 0 Å². The summed E-state index contributed by atoms with van der Waals surface area (Å²) < 4.78 is 23.1. The average Bonchev–Trinajstić information content (AvgIpc) is 1.25. The lowest BCUT2D eigenvalue weighted by Gasteiger charge is -2.25. The molecule has 1 N–H and O–H groups in total. The second-order valence-corrected chi connectivity index (χ2v) is 31.5. The van der Waals surface area contributed by atoms with Crippen LogP contribution in [0.3, 0.4) is 0 Å². The number of quaternary nitrogens is 1. The number of allylic oxidation sites excluding steroid dienone is 10. The van der Waals surface area contributed by atoms with Gasteiger partial charge in [0.1, 0.15) is 13.2 Å². The van der Waals surface area contributed by atoms with Crippen molar-refractivity contribution in [2.24, 2.45) is 0 Å². The maximum atomic E-state index is 13.0. The van der Waals surface area contributed by atoms with E-state index in [-0.39, 0.29) is 38.2 Å². The maximum absolute atomic E-state index is 13.0. The summed E-state index contributed by atoms with van der Waals surface area (Å²) in [6.07, 6.45) is 109. The number of unbranched alkanes of at least 4 members (excludes halogenated alkanes) is 59. The molecule has 0 heterocycles. The van der Waals surface area contributed by atoms with Gasteiger partial charge in [-0.2, -0.15) is 0 Å². The average molecular weight is 1420 g/mol. The number of esters is 2. The molecule has 0 aliphatic rings. The highest BCUT2D eigenvalue weighted by Gasteiger charge is 2.25. The predicted octanol–water partition coefficient (Wildman–Crippen LogP) is 28.9. The first-order valence-electron chi connectivity index (χ1n) is 44.5. The molecule has 2 atom stereocenters. The van der Waals surface area contributed by atoms with Crippen LogP contribution in [-0.2, 0) is 33.3 Å². The van der Waals surface area contributed by atoms with Gasteiger partial charge in [0, 0.05) is 12.8 Å². The van der Waals surface area contributed by atoms with Crippen molar-refractivity contribution < 1.29 is 42.9 Å². The number of aliphatic carboxylic acids is 1. The summed E-state index contributed by atoms with van der Waals surface area (Å²) in [5, 5.41) is 9.79. The van der Waals surface area contributed by atoms with Crippen molar-refractivity contribution >= 4 is 17.9 Å². The molecule has 9 heteroatoms. The molecule has 0 saturated carbocycles. The molecule has 0 radical (unpaired) electrons. The van der Waals surface area contributed by atoms with E-state index in [1.807, 2.05) is 21.1 Å². The van der Waals surface area contributed by atoms with E-state index < -0.39 is 18.4 Å². The molecule has 0 fully saturated rings. The molecule has 0 aliphatic heterocycles. The summed E-state index contributed by atoms with van der Waals surface area (Å²) in [6, 6.07) is 0. The van der Waals surface area contributed by atoms with Gasteiger partial charge in [0.25, 0.3) is 6.29 Å². The fourth-order valence-electron chi connectivity index (χ4n) is 13.5. The second kappa shape index (κ2) is 82.6. The lowest BCUT2D eigenvalue weighted by Crippen LogP contribution is -2.40. The minimum Gasteiger partial charge on any atom is -0.477 e. The first kappa shape index (κ1) is 98.0. The minimum absolute atomic E-state index is 0.176. The van der Waals surface area contributed by atoms with Gasteiger partial charge in [-0.15, -0.1) is 0 Å². The molecule has 0 saturated heterocycles. The largest absolute Gasteiger partial charge is 0.477 e. The molecule has 2 unspecified atom stereocenters. The van der Waals surface area contributed by atoms with E-state index in [1.165, 1.54) is 360 Å². The Morgan fingerprint density at radius 1 is 0.307 bits per heavy atom. The van der Waals surface area contributed by atoms with Crippen molar-refractivity contribution in [1.82, 2.24) is 0 Å². The molecule has 0 bridgehead atoms. The zero-order valence-corrected chi connectivity index (χ0v) is 68.1. The Hall–Kier alpha value is -3.01. The second-order valence-electron chi connectivity index (χ2n) is 31.5. The molecule has 0 aromatic heterocycles. The van der Waals surface area contributed by atoms with Gasteiger partial charge in [-0.3, -0.25) is 9.59 Å². The number of hydrogen-bond donors (Lipinski definition) is 1. The molecular formula is C92H172NO8+. The van der Waals surface area contributed by atoms with Crippen LogP contribution >= 0.6 is 0 Å². The molecular weight excluding hydrogens is 1250 g/mol. The summed E-state index contributed by atoms with van der Waals surface area (Å²) in [5.41, 5.74) is 0. The Bertz CT molecular complexity index is 1850. The SMILES string of the molecule is CC/C=C\C/C=C\C/C=C\C/C=C\CCCCCCCCCCCCCCCCCCCCCCCCC(=O)OC(COC(=O)CCCCCCCCCCCCCCCCCCCCCCCCCCCCCCC/C=C\CCCCCCCCCC)COC(OCC[N+](C)(C)C)C(=O)O. The third kappa shape index (κ3) is 84.1. The minimum atomic E-state index is -1.51. The lowest BCUT2D eigenvalue weighted by molar-refractivity contribution is -0.870. The first-order chi connectivity index (χ1) is 49.6. The third-order valence-corrected chi connectivity index (χ3v) is 20.3.